The van der Waals surface area contributed by atoms with Crippen molar-refractivity contribution in [2.75, 3.05) is 12.4 Å². The lowest BCUT2D eigenvalue weighted by atomic mass is 10.1. The van der Waals surface area contributed by atoms with Gasteiger partial charge in [0.2, 0.25) is 5.91 Å². The fourth-order valence-corrected chi connectivity index (χ4v) is 3.64. The molecule has 0 bridgehead atoms. The number of benzene rings is 1. The lowest BCUT2D eigenvalue weighted by molar-refractivity contribution is -0.116. The number of allylic oxidation sites excluding steroid dienone is 2. The Morgan fingerprint density at radius 1 is 0.818 bits per heavy atom. The van der Waals surface area contributed by atoms with E-state index in [1.165, 1.54) is 76.7 Å². The van der Waals surface area contributed by atoms with Crippen LogP contribution in [0.4, 0.5) is 5.69 Å². The Hall–Kier alpha value is -2.63. The van der Waals surface area contributed by atoms with Gasteiger partial charge in [0.1, 0.15) is 0 Å². The van der Waals surface area contributed by atoms with Crippen LogP contribution in [0.2, 0.25) is 0 Å². The first-order valence-corrected chi connectivity index (χ1v) is 12.4. The number of carbonyl (C=O) groups excluding carboxylic acids is 2. The van der Waals surface area contributed by atoms with Gasteiger partial charge in [0, 0.05) is 12.1 Å². The van der Waals surface area contributed by atoms with Gasteiger partial charge in [-0.1, -0.05) is 70.4 Å². The zero-order valence-electron chi connectivity index (χ0n) is 20.4. The number of amides is 1. The first kappa shape index (κ1) is 28.4. The highest BCUT2D eigenvalue weighted by Crippen LogP contribution is 2.17. The van der Waals surface area contributed by atoms with Crippen molar-refractivity contribution in [1.29, 1.82) is 0 Å². The molecule has 0 aromatic heterocycles. The minimum atomic E-state index is -1.17. The van der Waals surface area contributed by atoms with Gasteiger partial charge in [0.15, 0.2) is 0 Å². The third-order valence-corrected chi connectivity index (χ3v) is 5.55. The van der Waals surface area contributed by atoms with Gasteiger partial charge in [-0.05, 0) is 50.3 Å². The molecule has 184 valence electrons. The highest BCUT2D eigenvalue weighted by atomic mass is 16.5. The third kappa shape index (κ3) is 13.5. The van der Waals surface area contributed by atoms with E-state index in [1.54, 1.807) is 0 Å². The van der Waals surface area contributed by atoms with Crippen molar-refractivity contribution in [3.8, 4) is 0 Å². The molecule has 0 aliphatic carbocycles. The first-order valence-electron chi connectivity index (χ1n) is 12.4. The van der Waals surface area contributed by atoms with E-state index in [9.17, 15) is 19.5 Å². The number of hydrogen-bond donors (Lipinski definition) is 2. The van der Waals surface area contributed by atoms with Gasteiger partial charge < -0.3 is 15.2 Å². The van der Waals surface area contributed by atoms with Crippen molar-refractivity contribution in [2.45, 2.75) is 96.8 Å². The van der Waals surface area contributed by atoms with Crippen LogP contribution in [-0.2, 0) is 9.53 Å². The molecule has 0 spiro atoms. The SMILES string of the molecule is CCCCCCCCC=CCCCCCCCC(=O)Nc1cc(C(=O)O)cc(C(=O)OC)c1. The summed E-state index contributed by atoms with van der Waals surface area (Å²) in [6, 6.07) is 4.00. The predicted octanol–water partition coefficient (Wildman–Crippen LogP) is 7.15. The second-order valence-electron chi connectivity index (χ2n) is 8.48. The number of ether oxygens (including phenoxy) is 1. The minimum absolute atomic E-state index is 0.0748. The summed E-state index contributed by atoms with van der Waals surface area (Å²) in [6.45, 7) is 2.25. The standard InChI is InChI=1S/C27H41NO5/c1-3-4-5-6-7-8-9-10-11-12-13-14-15-16-17-18-25(29)28-24-20-22(26(30)31)19-23(21-24)27(32)33-2/h10-11,19-21H,3-9,12-18H2,1-2H3,(H,28,29)(H,30,31). The second kappa shape index (κ2) is 17.9. The van der Waals surface area contributed by atoms with E-state index in [0.29, 0.717) is 6.42 Å². The number of rotatable bonds is 18. The lowest BCUT2D eigenvalue weighted by Gasteiger charge is -2.09. The minimum Gasteiger partial charge on any atom is -0.478 e. The predicted molar refractivity (Wildman–Crippen MR) is 133 cm³/mol. The van der Waals surface area contributed by atoms with Crippen molar-refractivity contribution in [3.63, 3.8) is 0 Å². The zero-order valence-corrected chi connectivity index (χ0v) is 20.4. The maximum Gasteiger partial charge on any atom is 0.337 e. The largest absolute Gasteiger partial charge is 0.478 e. The molecule has 1 rings (SSSR count). The molecule has 1 aromatic carbocycles. The average Bonchev–Trinajstić information content (AvgIpc) is 2.80. The van der Waals surface area contributed by atoms with Crippen LogP contribution in [0.5, 0.6) is 0 Å². The van der Waals surface area contributed by atoms with E-state index in [4.69, 9.17) is 0 Å². The van der Waals surface area contributed by atoms with E-state index >= 15 is 0 Å². The molecule has 0 saturated carbocycles. The van der Waals surface area contributed by atoms with E-state index in [0.717, 1.165) is 32.1 Å². The van der Waals surface area contributed by atoms with Crippen LogP contribution in [0.15, 0.2) is 30.4 Å². The number of carbonyl (C=O) groups is 3. The molecule has 2 N–H and O–H groups in total. The quantitative estimate of drug-likeness (QED) is 0.138. The summed E-state index contributed by atoms with van der Waals surface area (Å²) in [4.78, 5) is 35.2. The van der Waals surface area contributed by atoms with Crippen molar-refractivity contribution < 1.29 is 24.2 Å². The molecule has 0 aliphatic rings. The Labute approximate surface area is 198 Å². The van der Waals surface area contributed by atoms with Crippen LogP contribution in [0.25, 0.3) is 0 Å². The Balaban J connectivity index is 2.16. The highest BCUT2D eigenvalue weighted by Gasteiger charge is 2.14. The zero-order chi connectivity index (χ0) is 24.3. The summed E-state index contributed by atoms with van der Waals surface area (Å²) in [5.41, 5.74) is 0.302. The lowest BCUT2D eigenvalue weighted by Crippen LogP contribution is -2.13. The topological polar surface area (TPSA) is 92.7 Å². The molecule has 6 nitrogen and oxygen atoms in total. The van der Waals surface area contributed by atoms with Crippen LogP contribution < -0.4 is 5.32 Å². The summed E-state index contributed by atoms with van der Waals surface area (Å²) >= 11 is 0. The number of aromatic carboxylic acids is 1. The average molecular weight is 460 g/mol. The highest BCUT2D eigenvalue weighted by molar-refractivity contribution is 5.98. The Morgan fingerprint density at radius 3 is 1.94 bits per heavy atom. The number of carboxylic acids is 1. The van der Waals surface area contributed by atoms with Gasteiger partial charge in [-0.15, -0.1) is 0 Å². The van der Waals surface area contributed by atoms with Crippen LogP contribution in [0.1, 0.15) is 118 Å². The summed E-state index contributed by atoms with van der Waals surface area (Å²) in [5.74, 6) is -2.01. The number of hydrogen-bond acceptors (Lipinski definition) is 4. The summed E-state index contributed by atoms with van der Waals surface area (Å²) in [5, 5.41) is 11.9. The Kier molecular flexibility index (Phi) is 15.4. The fraction of sp³-hybridized carbons (Fsp3) is 0.593. The van der Waals surface area contributed by atoms with E-state index in [2.05, 4.69) is 29.1 Å². The molecule has 0 radical (unpaired) electrons. The number of carboxylic acid groups (broad SMARTS) is 1. The van der Waals surface area contributed by atoms with E-state index < -0.39 is 11.9 Å². The molecule has 0 aliphatic heterocycles. The van der Waals surface area contributed by atoms with Gasteiger partial charge in [0.25, 0.3) is 0 Å². The second-order valence-corrected chi connectivity index (χ2v) is 8.48. The van der Waals surface area contributed by atoms with Crippen LogP contribution in [-0.4, -0.2) is 30.1 Å². The van der Waals surface area contributed by atoms with Crippen molar-refractivity contribution in [3.05, 3.63) is 41.5 Å². The molecule has 33 heavy (non-hydrogen) atoms. The number of methoxy groups -OCH3 is 1. The smallest absolute Gasteiger partial charge is 0.337 e. The molecule has 6 heteroatoms. The van der Waals surface area contributed by atoms with Crippen molar-refractivity contribution in [1.82, 2.24) is 0 Å². The van der Waals surface area contributed by atoms with Gasteiger partial charge in [-0.25, -0.2) is 9.59 Å². The van der Waals surface area contributed by atoms with E-state index in [1.807, 2.05) is 0 Å². The molecule has 0 heterocycles. The normalized spacial score (nSPS) is 11.0. The van der Waals surface area contributed by atoms with Crippen LogP contribution in [0.3, 0.4) is 0 Å². The Morgan fingerprint density at radius 2 is 1.36 bits per heavy atom. The van der Waals surface area contributed by atoms with Crippen LogP contribution in [0, 0.1) is 0 Å². The molecule has 0 atom stereocenters. The number of anilines is 1. The van der Waals surface area contributed by atoms with Crippen molar-refractivity contribution >= 4 is 23.5 Å². The Bertz CT molecular complexity index is 757. The first-order chi connectivity index (χ1) is 16.0. The van der Waals surface area contributed by atoms with E-state index in [-0.39, 0.29) is 22.7 Å². The number of unbranched alkanes of at least 4 members (excludes halogenated alkanes) is 11. The fourth-order valence-electron chi connectivity index (χ4n) is 3.64. The number of nitrogens with one attached hydrogen (secondary N) is 1. The van der Waals surface area contributed by atoms with Crippen LogP contribution >= 0.6 is 0 Å². The summed E-state index contributed by atoms with van der Waals surface area (Å²) in [6.07, 6.45) is 20.5. The third-order valence-electron chi connectivity index (χ3n) is 5.55. The maximum atomic E-state index is 12.2. The monoisotopic (exact) mass is 459 g/mol. The van der Waals surface area contributed by atoms with Gasteiger partial charge >= 0.3 is 11.9 Å². The van der Waals surface area contributed by atoms with Gasteiger partial charge in [0.05, 0.1) is 18.2 Å². The summed E-state index contributed by atoms with van der Waals surface area (Å²) < 4.78 is 4.64. The molecular weight excluding hydrogens is 418 g/mol. The molecule has 0 unspecified atom stereocenters. The maximum absolute atomic E-state index is 12.2. The molecule has 0 saturated heterocycles. The van der Waals surface area contributed by atoms with Gasteiger partial charge in [-0.3, -0.25) is 4.79 Å². The van der Waals surface area contributed by atoms with Gasteiger partial charge in [-0.2, -0.15) is 0 Å². The molecule has 0 fully saturated rings. The number of esters is 1. The molecule has 1 amide bonds. The molecular formula is C27H41NO5. The summed E-state index contributed by atoms with van der Waals surface area (Å²) in [7, 11) is 1.22. The van der Waals surface area contributed by atoms with Crippen molar-refractivity contribution in [2.24, 2.45) is 0 Å². The molecule has 1 aromatic rings.